The van der Waals surface area contributed by atoms with Crippen molar-refractivity contribution in [3.8, 4) is 0 Å². The molecule has 0 radical (unpaired) electrons. The molecule has 96 valence electrons. The van der Waals surface area contributed by atoms with Crippen LogP contribution in [0.3, 0.4) is 0 Å². The van der Waals surface area contributed by atoms with E-state index >= 15 is 0 Å². The maximum absolute atomic E-state index is 6.43. The summed E-state index contributed by atoms with van der Waals surface area (Å²) >= 11 is 8.05. The third kappa shape index (κ3) is 2.86. The smallest absolute Gasteiger partial charge is 0.0590 e. The van der Waals surface area contributed by atoms with Gasteiger partial charge in [-0.3, -0.25) is 0 Å². The van der Waals surface area contributed by atoms with Crippen LogP contribution < -0.4 is 5.73 Å². The molecular formula is C14H22ClNS. The fourth-order valence-corrected chi connectivity index (χ4v) is 4.61. The minimum absolute atomic E-state index is 0.131. The summed E-state index contributed by atoms with van der Waals surface area (Å²) in [6.45, 7) is 6.74. The van der Waals surface area contributed by atoms with E-state index in [1.54, 1.807) is 11.3 Å². The second kappa shape index (κ2) is 5.29. The van der Waals surface area contributed by atoms with Crippen LogP contribution in [0.1, 0.15) is 49.6 Å². The molecule has 1 heterocycles. The van der Waals surface area contributed by atoms with Gasteiger partial charge < -0.3 is 5.73 Å². The second-order valence-electron chi connectivity index (χ2n) is 5.80. The van der Waals surface area contributed by atoms with Crippen LogP contribution in [-0.2, 0) is 0 Å². The van der Waals surface area contributed by atoms with Crippen LogP contribution >= 0.6 is 22.9 Å². The summed E-state index contributed by atoms with van der Waals surface area (Å²) in [6.07, 6.45) is 3.85. The topological polar surface area (TPSA) is 26.0 Å². The van der Waals surface area contributed by atoms with Crippen LogP contribution in [0.4, 0.5) is 0 Å². The molecule has 17 heavy (non-hydrogen) atoms. The Balaban J connectivity index is 2.14. The average Bonchev–Trinajstić information content (AvgIpc) is 2.57. The van der Waals surface area contributed by atoms with E-state index in [-0.39, 0.29) is 6.04 Å². The Hall–Kier alpha value is -0.0500. The van der Waals surface area contributed by atoms with E-state index in [4.69, 9.17) is 17.3 Å². The van der Waals surface area contributed by atoms with Crippen molar-refractivity contribution in [3.05, 3.63) is 20.8 Å². The fraction of sp³-hybridized carbons (Fsp3) is 0.714. The van der Waals surface area contributed by atoms with Crippen molar-refractivity contribution in [1.82, 2.24) is 0 Å². The number of aryl methyl sites for hydroxylation is 1. The first kappa shape index (κ1) is 13.4. The monoisotopic (exact) mass is 271 g/mol. The maximum Gasteiger partial charge on any atom is 0.0590 e. The van der Waals surface area contributed by atoms with Gasteiger partial charge in [0.15, 0.2) is 0 Å². The SMILES string of the molecule is Cc1csc(C(N)C2CC(C)CC(C)C2)c1Cl. The minimum atomic E-state index is 0.131. The van der Waals surface area contributed by atoms with Crippen LogP contribution in [0.15, 0.2) is 5.38 Å². The Labute approximate surface area is 113 Å². The molecule has 2 rings (SSSR count). The normalized spacial score (nSPS) is 31.5. The number of thiophene rings is 1. The fourth-order valence-electron chi connectivity index (χ4n) is 3.19. The molecule has 1 fully saturated rings. The summed E-state index contributed by atoms with van der Waals surface area (Å²) in [7, 11) is 0. The van der Waals surface area contributed by atoms with Gasteiger partial charge in [-0.05, 0) is 54.9 Å². The summed E-state index contributed by atoms with van der Waals surface area (Å²) in [4.78, 5) is 1.19. The molecule has 0 spiro atoms. The van der Waals surface area contributed by atoms with Gasteiger partial charge in [-0.2, -0.15) is 0 Å². The lowest BCUT2D eigenvalue weighted by Crippen LogP contribution is -2.28. The molecular weight excluding hydrogens is 250 g/mol. The Bertz CT molecular complexity index is 378. The molecule has 0 bridgehead atoms. The third-order valence-corrected chi connectivity index (χ3v) is 5.77. The van der Waals surface area contributed by atoms with Crippen molar-refractivity contribution in [2.24, 2.45) is 23.5 Å². The zero-order valence-corrected chi connectivity index (χ0v) is 12.4. The Kier molecular flexibility index (Phi) is 4.17. The molecule has 1 aromatic heterocycles. The van der Waals surface area contributed by atoms with Crippen LogP contribution in [0, 0.1) is 24.7 Å². The quantitative estimate of drug-likeness (QED) is 0.823. The predicted octanol–water partition coefficient (Wildman–Crippen LogP) is 4.78. The lowest BCUT2D eigenvalue weighted by atomic mass is 9.73. The molecule has 0 aromatic carbocycles. The van der Waals surface area contributed by atoms with Crippen molar-refractivity contribution in [2.45, 2.75) is 46.1 Å². The van der Waals surface area contributed by atoms with Crippen molar-refractivity contribution in [2.75, 3.05) is 0 Å². The van der Waals surface area contributed by atoms with Crippen molar-refractivity contribution in [3.63, 3.8) is 0 Å². The molecule has 3 heteroatoms. The summed E-state index contributed by atoms with van der Waals surface area (Å²) in [5.41, 5.74) is 7.60. The van der Waals surface area contributed by atoms with Crippen LogP contribution in [0.2, 0.25) is 5.02 Å². The third-order valence-electron chi connectivity index (χ3n) is 3.95. The molecule has 2 N–H and O–H groups in total. The number of rotatable bonds is 2. The van der Waals surface area contributed by atoms with Gasteiger partial charge in [-0.15, -0.1) is 11.3 Å². The van der Waals surface area contributed by atoms with Crippen LogP contribution in [0.25, 0.3) is 0 Å². The highest BCUT2D eigenvalue weighted by Gasteiger charge is 2.30. The Morgan fingerprint density at radius 3 is 2.35 bits per heavy atom. The van der Waals surface area contributed by atoms with E-state index in [0.29, 0.717) is 5.92 Å². The van der Waals surface area contributed by atoms with Gasteiger partial charge in [0.2, 0.25) is 0 Å². The molecule has 1 aliphatic carbocycles. The highest BCUT2D eigenvalue weighted by atomic mass is 35.5. The molecule has 3 atom stereocenters. The van der Waals surface area contributed by atoms with E-state index in [1.807, 2.05) is 0 Å². The first-order valence-corrected chi connectivity index (χ1v) is 7.73. The molecule has 0 saturated heterocycles. The van der Waals surface area contributed by atoms with Gasteiger partial charge in [0.05, 0.1) is 5.02 Å². The Morgan fingerprint density at radius 2 is 1.88 bits per heavy atom. The summed E-state index contributed by atoms with van der Waals surface area (Å²) in [5, 5.41) is 3.01. The largest absolute Gasteiger partial charge is 0.323 e. The molecule has 1 saturated carbocycles. The summed E-state index contributed by atoms with van der Waals surface area (Å²) in [5.74, 6) is 2.20. The van der Waals surface area contributed by atoms with Crippen molar-refractivity contribution < 1.29 is 0 Å². The second-order valence-corrected chi connectivity index (χ2v) is 7.09. The highest BCUT2D eigenvalue weighted by Crippen LogP contribution is 2.42. The van der Waals surface area contributed by atoms with E-state index in [0.717, 1.165) is 16.9 Å². The predicted molar refractivity (Wildman–Crippen MR) is 76.7 cm³/mol. The molecule has 0 aliphatic heterocycles. The number of hydrogen-bond donors (Lipinski definition) is 1. The summed E-state index contributed by atoms with van der Waals surface area (Å²) in [6, 6.07) is 0.131. The average molecular weight is 272 g/mol. The van der Waals surface area contributed by atoms with Gasteiger partial charge in [0.25, 0.3) is 0 Å². The number of hydrogen-bond acceptors (Lipinski definition) is 2. The van der Waals surface area contributed by atoms with E-state index < -0.39 is 0 Å². The summed E-state index contributed by atoms with van der Waals surface area (Å²) < 4.78 is 0. The molecule has 3 unspecified atom stereocenters. The van der Waals surface area contributed by atoms with E-state index in [9.17, 15) is 0 Å². The van der Waals surface area contributed by atoms with Gasteiger partial charge in [-0.25, -0.2) is 0 Å². The van der Waals surface area contributed by atoms with Gasteiger partial charge >= 0.3 is 0 Å². The van der Waals surface area contributed by atoms with Gasteiger partial charge in [-0.1, -0.05) is 25.4 Å². The van der Waals surface area contributed by atoms with Gasteiger partial charge in [0.1, 0.15) is 0 Å². The lowest BCUT2D eigenvalue weighted by molar-refractivity contribution is 0.194. The van der Waals surface area contributed by atoms with Gasteiger partial charge in [0, 0.05) is 10.9 Å². The Morgan fingerprint density at radius 1 is 1.29 bits per heavy atom. The number of halogens is 1. The van der Waals surface area contributed by atoms with Crippen molar-refractivity contribution in [1.29, 1.82) is 0 Å². The first-order valence-electron chi connectivity index (χ1n) is 6.48. The highest BCUT2D eigenvalue weighted by molar-refractivity contribution is 7.10. The van der Waals surface area contributed by atoms with E-state index in [1.165, 1.54) is 29.7 Å². The maximum atomic E-state index is 6.43. The molecule has 1 aliphatic rings. The van der Waals surface area contributed by atoms with E-state index in [2.05, 4.69) is 26.2 Å². The zero-order valence-electron chi connectivity index (χ0n) is 10.9. The van der Waals surface area contributed by atoms with Crippen LogP contribution in [0.5, 0.6) is 0 Å². The lowest BCUT2D eigenvalue weighted by Gasteiger charge is -2.34. The molecule has 1 nitrogen and oxygen atoms in total. The molecule has 1 aromatic rings. The number of nitrogens with two attached hydrogens (primary N) is 1. The zero-order chi connectivity index (χ0) is 12.6. The van der Waals surface area contributed by atoms with Crippen molar-refractivity contribution >= 4 is 22.9 Å². The molecule has 0 amide bonds. The minimum Gasteiger partial charge on any atom is -0.323 e. The van der Waals surface area contributed by atoms with Crippen LogP contribution in [-0.4, -0.2) is 0 Å². The first-order chi connectivity index (χ1) is 7.99. The standard InChI is InChI=1S/C14H22ClNS/c1-8-4-9(2)6-11(5-8)13(16)14-12(15)10(3)7-17-14/h7-9,11,13H,4-6,16H2,1-3H3.